The van der Waals surface area contributed by atoms with E-state index < -0.39 is 21.9 Å². The molecule has 8 nitrogen and oxygen atoms in total. The molecule has 0 aromatic heterocycles. The number of nitrogens with one attached hydrogen (secondary N) is 1. The van der Waals surface area contributed by atoms with Gasteiger partial charge in [0.2, 0.25) is 0 Å². The molecule has 0 radical (unpaired) electrons. The van der Waals surface area contributed by atoms with Crippen molar-refractivity contribution in [3.8, 4) is 5.75 Å². The van der Waals surface area contributed by atoms with Gasteiger partial charge in [0.15, 0.2) is 0 Å². The van der Waals surface area contributed by atoms with Crippen LogP contribution in [0.4, 0.5) is 10.5 Å². The maximum Gasteiger partial charge on any atom is 0.318 e. The number of ether oxygens (including phenoxy) is 1. The molecule has 1 N–H and O–H groups in total. The number of allylic oxidation sites excluding steroid dienone is 2. The number of thiol groups is 1. The molecule has 2 unspecified atom stereocenters. The van der Waals surface area contributed by atoms with Crippen LogP contribution in [0.3, 0.4) is 0 Å². The van der Waals surface area contributed by atoms with Crippen molar-refractivity contribution in [2.24, 2.45) is 28.0 Å². The van der Waals surface area contributed by atoms with Crippen LogP contribution >= 0.6 is 11.6 Å². The van der Waals surface area contributed by atoms with Crippen molar-refractivity contribution in [3.05, 3.63) is 70.3 Å². The predicted octanol–water partition coefficient (Wildman–Crippen LogP) is 7.26. The summed E-state index contributed by atoms with van der Waals surface area (Å²) in [6.07, 6.45) is 12.2. The summed E-state index contributed by atoms with van der Waals surface area (Å²) in [4.78, 5) is 30.9. The molecule has 1 aliphatic carbocycles. The third-order valence-corrected chi connectivity index (χ3v) is 12.1. The number of hydrogen-bond donors (Lipinski definition) is 2. The Morgan fingerprint density at radius 1 is 1.04 bits per heavy atom. The van der Waals surface area contributed by atoms with E-state index in [1.54, 1.807) is 11.0 Å². The van der Waals surface area contributed by atoms with Crippen LogP contribution in [0.15, 0.2) is 52.9 Å². The van der Waals surface area contributed by atoms with Crippen molar-refractivity contribution in [2.75, 3.05) is 31.1 Å². The summed E-state index contributed by atoms with van der Waals surface area (Å²) in [5.74, 6) is 1.63. The lowest BCUT2D eigenvalue weighted by Crippen LogP contribution is -2.56. The van der Waals surface area contributed by atoms with Crippen molar-refractivity contribution in [2.45, 2.75) is 77.1 Å². The maximum atomic E-state index is 13.8. The zero-order valence-corrected chi connectivity index (χ0v) is 28.6. The molecule has 3 amide bonds. The van der Waals surface area contributed by atoms with Gasteiger partial charge in [0.05, 0.1) is 22.9 Å². The molecule has 10 heteroatoms. The van der Waals surface area contributed by atoms with E-state index >= 15 is 0 Å². The van der Waals surface area contributed by atoms with Crippen molar-refractivity contribution < 1.29 is 18.5 Å². The van der Waals surface area contributed by atoms with Crippen molar-refractivity contribution in [1.29, 1.82) is 0 Å². The molecule has 4 aliphatic rings. The maximum absolute atomic E-state index is 13.8. The minimum absolute atomic E-state index is 0.154. The highest BCUT2D eigenvalue weighted by Crippen LogP contribution is 2.41. The van der Waals surface area contributed by atoms with Crippen LogP contribution in [0, 0.1) is 23.7 Å². The second-order valence-electron chi connectivity index (χ2n) is 13.6. The highest BCUT2D eigenvalue weighted by molar-refractivity contribution is 7.76. The smallest absolute Gasteiger partial charge is 0.318 e. The second kappa shape index (κ2) is 14.8. The molecule has 6 rings (SSSR count). The molecular formula is C36H47ClN4O4S. The Hall–Kier alpha value is -3.04. The number of carbonyl (C=O) groups is 2. The molecule has 2 aromatic carbocycles. The Morgan fingerprint density at radius 2 is 1.85 bits per heavy atom. The fraction of sp³-hybridized carbons (Fsp3) is 0.556. The number of amides is 3. The van der Waals surface area contributed by atoms with Gasteiger partial charge >= 0.3 is 6.03 Å². The number of benzene rings is 2. The number of nitrogens with zero attached hydrogens (tertiary/aromatic N) is 3. The van der Waals surface area contributed by atoms with Crippen LogP contribution in [0.25, 0.3) is 0 Å². The van der Waals surface area contributed by atoms with Gasteiger partial charge in [-0.3, -0.25) is 9.00 Å². The molecule has 5 atom stereocenters. The largest absolute Gasteiger partial charge is 0.491 e. The number of anilines is 1. The normalized spacial score (nSPS) is 28.5. The Kier molecular flexibility index (Phi) is 10.6. The van der Waals surface area contributed by atoms with E-state index in [1.807, 2.05) is 25.1 Å². The average molecular weight is 667 g/mol. The summed E-state index contributed by atoms with van der Waals surface area (Å²) in [5, 5.41) is 2.99. The number of fused-ring (bicyclic) bond motifs is 3. The molecular weight excluding hydrogens is 620 g/mol. The molecule has 3 heterocycles. The first-order valence-corrected chi connectivity index (χ1v) is 18.7. The average Bonchev–Trinajstić information content (AvgIpc) is 3.03. The number of hydrogen-bond acceptors (Lipinski definition) is 5. The van der Waals surface area contributed by atoms with E-state index in [4.69, 9.17) is 16.3 Å². The van der Waals surface area contributed by atoms with Crippen LogP contribution in [-0.2, 0) is 23.6 Å². The van der Waals surface area contributed by atoms with Gasteiger partial charge in [0, 0.05) is 36.8 Å². The SMILES string of the molecule is CCC1CN(C(=O)NC2[C@@H](C)C/C=C/C[C@@H]3CC[C@H]3CN3Cc4ccc(Cl)cc4CCCCOc4ccc(cc43)C(=O)/N=[SH]\2=O)C1. The van der Waals surface area contributed by atoms with Gasteiger partial charge in [0.25, 0.3) is 5.91 Å². The lowest BCUT2D eigenvalue weighted by Gasteiger charge is -2.41. The minimum atomic E-state index is -2.42. The van der Waals surface area contributed by atoms with E-state index in [0.29, 0.717) is 56.0 Å². The molecule has 0 spiro atoms. The molecule has 2 fully saturated rings. The van der Waals surface area contributed by atoms with Crippen LogP contribution in [0.2, 0.25) is 5.02 Å². The standard InChI is InChI=1S/C36H47ClN4O4S/c1-3-25-20-41(21-25)36(43)38-35-24(2)8-4-5-9-26-11-12-29(26)22-40-23-30-13-15-31(37)18-27(30)10-6-7-17-45-33-16-14-28(19-32(33)40)34(42)39-46(35)44/h4-5,13-16,18-19,24-26,29,35,46H,3,6-12,17,20-23H2,1-2H3,(H,38,43)/b5-4+/t24-,26+,29-,35?/m0/s1. The molecule has 46 heavy (non-hydrogen) atoms. The summed E-state index contributed by atoms with van der Waals surface area (Å²) in [6, 6.07) is 11.4. The number of likely N-dealkylation sites (tertiary alicyclic amines) is 1. The summed E-state index contributed by atoms with van der Waals surface area (Å²) in [5.41, 5.74) is 3.70. The predicted molar refractivity (Wildman–Crippen MR) is 185 cm³/mol. The Labute approximate surface area is 280 Å². The number of rotatable bonds is 2. The quantitative estimate of drug-likeness (QED) is 0.260. The topological polar surface area (TPSA) is 91.3 Å². The molecule has 3 aliphatic heterocycles. The zero-order valence-electron chi connectivity index (χ0n) is 27.0. The second-order valence-corrected chi connectivity index (χ2v) is 15.4. The van der Waals surface area contributed by atoms with E-state index in [2.05, 4.69) is 45.8 Å². The third-order valence-electron chi connectivity index (χ3n) is 10.4. The summed E-state index contributed by atoms with van der Waals surface area (Å²) < 4.78 is 24.3. The van der Waals surface area contributed by atoms with Crippen molar-refractivity contribution >= 4 is 39.8 Å². The van der Waals surface area contributed by atoms with Gasteiger partial charge in [0.1, 0.15) is 11.1 Å². The lowest BCUT2D eigenvalue weighted by molar-refractivity contribution is 0.100. The molecule has 1 saturated carbocycles. The summed E-state index contributed by atoms with van der Waals surface area (Å²) in [7, 11) is -2.42. The van der Waals surface area contributed by atoms with Gasteiger partial charge in [-0.25, -0.2) is 4.79 Å². The monoisotopic (exact) mass is 666 g/mol. The highest BCUT2D eigenvalue weighted by atomic mass is 35.5. The first kappa shape index (κ1) is 32.9. The van der Waals surface area contributed by atoms with E-state index in [9.17, 15) is 13.8 Å². The first-order valence-electron chi connectivity index (χ1n) is 17.0. The van der Waals surface area contributed by atoms with Gasteiger partial charge in [-0.05, 0) is 116 Å². The van der Waals surface area contributed by atoms with E-state index in [-0.39, 0.29) is 11.9 Å². The van der Waals surface area contributed by atoms with Crippen molar-refractivity contribution in [1.82, 2.24) is 10.2 Å². The molecule has 2 aromatic rings. The summed E-state index contributed by atoms with van der Waals surface area (Å²) in [6.45, 7) is 7.59. The van der Waals surface area contributed by atoms with Crippen LogP contribution < -0.4 is 15.0 Å². The highest BCUT2D eigenvalue weighted by Gasteiger charge is 2.34. The third kappa shape index (κ3) is 7.57. The first-order chi connectivity index (χ1) is 22.3. The molecule has 2 bridgehead atoms. The van der Waals surface area contributed by atoms with Gasteiger partial charge in [-0.2, -0.15) is 4.36 Å². The van der Waals surface area contributed by atoms with Crippen LogP contribution in [0.5, 0.6) is 5.75 Å². The molecule has 1 saturated heterocycles. The number of urea groups is 1. The zero-order chi connectivity index (χ0) is 32.2. The molecule has 248 valence electrons. The fourth-order valence-corrected chi connectivity index (χ4v) is 8.46. The lowest BCUT2D eigenvalue weighted by atomic mass is 9.71. The van der Waals surface area contributed by atoms with Gasteiger partial charge in [-0.15, -0.1) is 0 Å². The van der Waals surface area contributed by atoms with E-state index in [0.717, 1.165) is 61.5 Å². The van der Waals surface area contributed by atoms with Crippen molar-refractivity contribution in [3.63, 3.8) is 0 Å². The minimum Gasteiger partial charge on any atom is -0.491 e. The number of halogens is 1. The van der Waals surface area contributed by atoms with Crippen LogP contribution in [0.1, 0.15) is 80.3 Å². The van der Waals surface area contributed by atoms with Crippen LogP contribution in [-0.4, -0.2) is 52.7 Å². The Bertz CT molecular complexity index is 1550. The Balaban J connectivity index is 1.36. The summed E-state index contributed by atoms with van der Waals surface area (Å²) >= 11 is 6.43. The van der Waals surface area contributed by atoms with E-state index in [1.165, 1.54) is 17.5 Å². The number of aryl methyl sites for hydroxylation is 1. The number of carbonyl (C=O) groups excluding carboxylic acids is 2. The fourth-order valence-electron chi connectivity index (χ4n) is 7.07. The van der Waals surface area contributed by atoms with Gasteiger partial charge in [-0.1, -0.05) is 43.7 Å². The van der Waals surface area contributed by atoms with Gasteiger partial charge < -0.3 is 19.9 Å². The Morgan fingerprint density at radius 3 is 2.63 bits per heavy atom.